The predicted molar refractivity (Wildman–Crippen MR) is 143 cm³/mol. The van der Waals surface area contributed by atoms with E-state index in [1.54, 1.807) is 48.5 Å². The molecule has 1 N–H and O–H groups in total. The lowest BCUT2D eigenvalue weighted by molar-refractivity contribution is -0.132. The molecule has 0 saturated carbocycles. The first kappa shape index (κ1) is 25.1. The minimum absolute atomic E-state index is 0.0210. The largest absolute Gasteiger partial charge is 0.507 e. The molecule has 0 aliphatic carbocycles. The summed E-state index contributed by atoms with van der Waals surface area (Å²) >= 11 is 3.78. The fourth-order valence-electron chi connectivity index (χ4n) is 3.89. The molecule has 2 aromatic heterocycles. The summed E-state index contributed by atoms with van der Waals surface area (Å²) in [4.78, 5) is 28.4. The second-order valence-corrected chi connectivity index (χ2v) is 11.0. The third kappa shape index (κ3) is 5.02. The van der Waals surface area contributed by atoms with Crippen LogP contribution in [0, 0.1) is 5.82 Å². The molecule has 2 aromatic carbocycles. The molecular formula is C26H20FN3O4S3. The highest BCUT2D eigenvalue weighted by atomic mass is 32.2. The molecule has 1 fully saturated rings. The van der Waals surface area contributed by atoms with Gasteiger partial charge in [-0.2, -0.15) is 0 Å². The average Bonchev–Trinajstić information content (AvgIpc) is 3.65. The first-order valence-corrected chi connectivity index (χ1v) is 13.9. The van der Waals surface area contributed by atoms with Crippen molar-refractivity contribution in [1.82, 2.24) is 10.2 Å². The molecule has 1 aliphatic rings. The number of halogens is 1. The molecule has 3 heterocycles. The second-order valence-electron chi connectivity index (χ2n) is 7.87. The maximum absolute atomic E-state index is 14.0. The first-order valence-electron chi connectivity index (χ1n) is 11.2. The number of amides is 1. The van der Waals surface area contributed by atoms with Crippen LogP contribution in [0.25, 0.3) is 5.76 Å². The van der Waals surface area contributed by atoms with Crippen molar-refractivity contribution < 1.29 is 23.8 Å². The van der Waals surface area contributed by atoms with E-state index in [1.807, 2.05) is 18.4 Å². The van der Waals surface area contributed by atoms with E-state index in [0.29, 0.717) is 38.5 Å². The summed E-state index contributed by atoms with van der Waals surface area (Å²) in [5.74, 6) is -1.22. The fraction of sp³-hybridized carbons (Fsp3) is 0.154. The first-order chi connectivity index (χ1) is 18.0. The van der Waals surface area contributed by atoms with E-state index in [0.717, 1.165) is 11.3 Å². The molecule has 1 aliphatic heterocycles. The Morgan fingerprint density at radius 1 is 1.11 bits per heavy atom. The molecule has 0 bridgehead atoms. The summed E-state index contributed by atoms with van der Waals surface area (Å²) in [6.07, 6.45) is 0. The average molecular weight is 554 g/mol. The van der Waals surface area contributed by atoms with Gasteiger partial charge in [0.25, 0.3) is 5.78 Å². The van der Waals surface area contributed by atoms with Gasteiger partial charge in [0.1, 0.15) is 23.4 Å². The minimum Gasteiger partial charge on any atom is -0.507 e. The van der Waals surface area contributed by atoms with E-state index in [4.69, 9.17) is 4.74 Å². The number of carbonyl (C=O) groups excluding carboxylic acids is 2. The van der Waals surface area contributed by atoms with Gasteiger partial charge in [-0.3, -0.25) is 14.5 Å². The lowest BCUT2D eigenvalue weighted by Gasteiger charge is -2.20. The number of Topliss-reactive ketones (excluding diaryl/α,β-unsaturated/α-hetero) is 1. The molecule has 4 aromatic rings. The van der Waals surface area contributed by atoms with Gasteiger partial charge in [-0.25, -0.2) is 4.39 Å². The van der Waals surface area contributed by atoms with Gasteiger partial charge in [0, 0.05) is 16.2 Å². The predicted octanol–water partition coefficient (Wildman–Crippen LogP) is 6.06. The number of hydrogen-bond acceptors (Lipinski definition) is 9. The molecule has 37 heavy (non-hydrogen) atoms. The zero-order chi connectivity index (χ0) is 25.9. The van der Waals surface area contributed by atoms with Crippen LogP contribution in [-0.2, 0) is 15.3 Å². The van der Waals surface area contributed by atoms with Crippen molar-refractivity contribution in [3.63, 3.8) is 0 Å². The molecule has 11 heteroatoms. The summed E-state index contributed by atoms with van der Waals surface area (Å²) in [6, 6.07) is 15.9. The Hall–Kier alpha value is -3.54. The van der Waals surface area contributed by atoms with Crippen molar-refractivity contribution >= 4 is 57.0 Å². The number of aliphatic hydroxyl groups is 1. The smallest absolute Gasteiger partial charge is 0.301 e. The molecule has 1 amide bonds. The monoisotopic (exact) mass is 553 g/mol. The molecule has 7 nitrogen and oxygen atoms in total. The number of carbonyl (C=O) groups is 2. The summed E-state index contributed by atoms with van der Waals surface area (Å²) < 4.78 is 20.0. The third-order valence-electron chi connectivity index (χ3n) is 5.61. The number of anilines is 1. The van der Waals surface area contributed by atoms with Gasteiger partial charge in [-0.05, 0) is 54.3 Å². The molecule has 188 valence electrons. The maximum atomic E-state index is 14.0. The number of aliphatic hydroxyl groups excluding tert-OH is 1. The molecule has 1 atom stereocenters. The summed E-state index contributed by atoms with van der Waals surface area (Å²) in [5.41, 5.74) is 0.896. The van der Waals surface area contributed by atoms with E-state index >= 15 is 0 Å². The van der Waals surface area contributed by atoms with Gasteiger partial charge in [0.2, 0.25) is 5.13 Å². The number of thiophene rings is 1. The Morgan fingerprint density at radius 2 is 1.89 bits per heavy atom. The van der Waals surface area contributed by atoms with Crippen LogP contribution in [0.1, 0.15) is 29.0 Å². The normalized spacial score (nSPS) is 16.9. The van der Waals surface area contributed by atoms with Crippen LogP contribution in [0.15, 0.2) is 76.0 Å². The molecular weight excluding hydrogens is 534 g/mol. The van der Waals surface area contributed by atoms with E-state index in [-0.39, 0.29) is 22.3 Å². The number of benzene rings is 2. The third-order valence-corrected chi connectivity index (χ3v) is 8.64. The highest BCUT2D eigenvalue weighted by molar-refractivity contribution is 8.00. The second kappa shape index (κ2) is 10.8. The topological polar surface area (TPSA) is 92.6 Å². The maximum Gasteiger partial charge on any atom is 0.301 e. The van der Waals surface area contributed by atoms with E-state index < -0.39 is 17.7 Å². The van der Waals surface area contributed by atoms with Gasteiger partial charge in [-0.15, -0.1) is 21.5 Å². The quantitative estimate of drug-likeness (QED) is 0.0933. The van der Waals surface area contributed by atoms with Gasteiger partial charge < -0.3 is 9.84 Å². The summed E-state index contributed by atoms with van der Waals surface area (Å²) in [7, 11) is 0. The van der Waals surface area contributed by atoms with Crippen molar-refractivity contribution in [3.05, 3.63) is 93.4 Å². The summed E-state index contributed by atoms with van der Waals surface area (Å²) in [5, 5.41) is 21.6. The van der Waals surface area contributed by atoms with Crippen LogP contribution in [0.4, 0.5) is 9.52 Å². The molecule has 0 radical (unpaired) electrons. The van der Waals surface area contributed by atoms with Crippen LogP contribution in [0.5, 0.6) is 5.75 Å². The van der Waals surface area contributed by atoms with Crippen molar-refractivity contribution in [3.8, 4) is 5.75 Å². The van der Waals surface area contributed by atoms with Crippen LogP contribution in [-0.4, -0.2) is 33.6 Å². The zero-order valence-electron chi connectivity index (χ0n) is 19.5. The molecule has 5 rings (SSSR count). The Kier molecular flexibility index (Phi) is 7.36. The van der Waals surface area contributed by atoms with Crippen molar-refractivity contribution in [1.29, 1.82) is 0 Å². The SMILES string of the molecule is CCOc1ccc(/C(O)=C2/C(=O)C(=O)N(c3nnc(SCc4ccccc4F)s3)C2c2cccs2)cc1. The van der Waals surface area contributed by atoms with E-state index in [2.05, 4.69) is 10.2 Å². The van der Waals surface area contributed by atoms with Gasteiger partial charge >= 0.3 is 5.91 Å². The van der Waals surface area contributed by atoms with Gasteiger partial charge in [0.05, 0.1) is 12.2 Å². The van der Waals surface area contributed by atoms with E-state index in [1.165, 1.54) is 34.1 Å². The van der Waals surface area contributed by atoms with Crippen molar-refractivity contribution in [2.24, 2.45) is 0 Å². The molecule has 1 unspecified atom stereocenters. The lowest BCUT2D eigenvalue weighted by atomic mass is 10.00. The number of hydrogen-bond donors (Lipinski definition) is 1. The van der Waals surface area contributed by atoms with Crippen LogP contribution >= 0.6 is 34.4 Å². The number of ketones is 1. The zero-order valence-corrected chi connectivity index (χ0v) is 21.9. The standard InChI is InChI=1S/C26H20FN3O4S3/c1-2-34-17-11-9-15(10-12-17)22(31)20-21(19-8-5-13-35-19)30(24(33)23(20)32)25-28-29-26(37-25)36-14-16-6-3-4-7-18(16)27/h3-13,21,31H,2,14H2,1H3/b22-20-. The Labute approximate surface area is 224 Å². The molecule has 0 spiro atoms. The number of nitrogens with zero attached hydrogens (tertiary/aromatic N) is 3. The Bertz CT molecular complexity index is 1470. The van der Waals surface area contributed by atoms with Crippen LogP contribution < -0.4 is 9.64 Å². The summed E-state index contributed by atoms with van der Waals surface area (Å²) in [6.45, 7) is 2.37. The Balaban J connectivity index is 1.49. The minimum atomic E-state index is -0.857. The van der Waals surface area contributed by atoms with Gasteiger partial charge in [-0.1, -0.05) is 47.4 Å². The number of rotatable bonds is 8. The lowest BCUT2D eigenvalue weighted by Crippen LogP contribution is -2.29. The van der Waals surface area contributed by atoms with Crippen molar-refractivity contribution in [2.45, 2.75) is 23.1 Å². The Morgan fingerprint density at radius 3 is 2.59 bits per heavy atom. The highest BCUT2D eigenvalue weighted by Crippen LogP contribution is 2.45. The van der Waals surface area contributed by atoms with Crippen molar-refractivity contribution in [2.75, 3.05) is 11.5 Å². The fourth-order valence-corrected chi connectivity index (χ4v) is 6.57. The highest BCUT2D eigenvalue weighted by Gasteiger charge is 2.48. The van der Waals surface area contributed by atoms with Crippen LogP contribution in [0.2, 0.25) is 0 Å². The molecule has 1 saturated heterocycles. The van der Waals surface area contributed by atoms with E-state index in [9.17, 15) is 19.1 Å². The van der Waals surface area contributed by atoms with Gasteiger partial charge in [0.15, 0.2) is 4.34 Å². The van der Waals surface area contributed by atoms with Crippen LogP contribution in [0.3, 0.4) is 0 Å². The number of ether oxygens (including phenoxy) is 1. The number of thioether (sulfide) groups is 1. The number of aromatic nitrogens is 2.